The Balaban J connectivity index is 1.96. The summed E-state index contributed by atoms with van der Waals surface area (Å²) in [5, 5.41) is 2.57. The lowest BCUT2D eigenvalue weighted by Crippen LogP contribution is -2.34. The minimum atomic E-state index is -0.248. The monoisotopic (exact) mass is 316 g/mol. The molecule has 1 aromatic rings. The fourth-order valence-electron chi connectivity index (χ4n) is 2.95. The van der Waals surface area contributed by atoms with Crippen molar-refractivity contribution in [3.05, 3.63) is 29.8 Å². The lowest BCUT2D eigenvalue weighted by molar-refractivity contribution is -0.120. The molecular formula is C18H24N2O3. The predicted molar refractivity (Wildman–Crippen MR) is 89.5 cm³/mol. The Morgan fingerprint density at radius 1 is 1.26 bits per heavy atom. The van der Waals surface area contributed by atoms with E-state index in [1.807, 2.05) is 24.3 Å². The number of anilines is 1. The van der Waals surface area contributed by atoms with Gasteiger partial charge in [-0.1, -0.05) is 12.1 Å². The molecule has 0 aromatic heterocycles. The first-order valence-electron chi connectivity index (χ1n) is 8.14. The fraction of sp³-hybridized carbons (Fsp3) is 0.500. The largest absolute Gasteiger partial charge is 0.371 e. The highest BCUT2D eigenvalue weighted by atomic mass is 16.1. The summed E-state index contributed by atoms with van der Waals surface area (Å²) < 4.78 is 0. The van der Waals surface area contributed by atoms with Gasteiger partial charge in [0, 0.05) is 44.1 Å². The van der Waals surface area contributed by atoms with Gasteiger partial charge in [0.1, 0.15) is 12.6 Å². The summed E-state index contributed by atoms with van der Waals surface area (Å²) in [6, 6.07) is 7.97. The third kappa shape index (κ3) is 4.65. The SMILES string of the molecule is CNC(=O)CCC(C=O)c1ccc(N2CCC(C=O)CC2)cc1. The summed E-state index contributed by atoms with van der Waals surface area (Å²) in [4.78, 5) is 35.7. The van der Waals surface area contributed by atoms with Crippen LogP contribution in [-0.4, -0.2) is 38.6 Å². The van der Waals surface area contributed by atoms with Crippen molar-refractivity contribution in [2.24, 2.45) is 5.92 Å². The summed E-state index contributed by atoms with van der Waals surface area (Å²) >= 11 is 0. The van der Waals surface area contributed by atoms with Gasteiger partial charge in [0.25, 0.3) is 0 Å². The Morgan fingerprint density at radius 2 is 1.91 bits per heavy atom. The van der Waals surface area contributed by atoms with Crippen LogP contribution in [0, 0.1) is 5.92 Å². The molecular weight excluding hydrogens is 292 g/mol. The first-order valence-corrected chi connectivity index (χ1v) is 8.14. The van der Waals surface area contributed by atoms with Crippen molar-refractivity contribution >= 4 is 24.2 Å². The van der Waals surface area contributed by atoms with Crippen molar-refractivity contribution in [1.29, 1.82) is 0 Å². The van der Waals surface area contributed by atoms with E-state index in [9.17, 15) is 14.4 Å². The lowest BCUT2D eigenvalue weighted by Gasteiger charge is -2.31. The van der Waals surface area contributed by atoms with Crippen LogP contribution in [0.2, 0.25) is 0 Å². The van der Waals surface area contributed by atoms with Crippen LogP contribution in [0.1, 0.15) is 37.2 Å². The molecule has 5 nitrogen and oxygen atoms in total. The fourth-order valence-corrected chi connectivity index (χ4v) is 2.95. The molecule has 1 aliphatic heterocycles. The van der Waals surface area contributed by atoms with Crippen LogP contribution in [0.25, 0.3) is 0 Å². The second-order valence-corrected chi connectivity index (χ2v) is 6.01. The van der Waals surface area contributed by atoms with E-state index in [1.165, 1.54) is 0 Å². The van der Waals surface area contributed by atoms with E-state index >= 15 is 0 Å². The third-order valence-corrected chi connectivity index (χ3v) is 4.54. The van der Waals surface area contributed by atoms with Crippen LogP contribution in [0.3, 0.4) is 0 Å². The number of piperidine rings is 1. The molecule has 1 unspecified atom stereocenters. The maximum absolute atomic E-state index is 11.3. The number of benzene rings is 1. The van der Waals surface area contributed by atoms with Crippen molar-refractivity contribution in [3.8, 4) is 0 Å². The highest BCUT2D eigenvalue weighted by Gasteiger charge is 2.19. The van der Waals surface area contributed by atoms with Crippen molar-refractivity contribution < 1.29 is 14.4 Å². The molecule has 5 heteroatoms. The zero-order valence-corrected chi connectivity index (χ0v) is 13.5. The van der Waals surface area contributed by atoms with Gasteiger partial charge in [0.05, 0.1) is 0 Å². The molecule has 0 saturated carbocycles. The minimum Gasteiger partial charge on any atom is -0.371 e. The normalized spacial score (nSPS) is 16.7. The van der Waals surface area contributed by atoms with Crippen LogP contribution in [-0.2, 0) is 14.4 Å². The number of hydrogen-bond donors (Lipinski definition) is 1. The molecule has 23 heavy (non-hydrogen) atoms. The van der Waals surface area contributed by atoms with Gasteiger partial charge in [-0.15, -0.1) is 0 Å². The molecule has 0 aliphatic carbocycles. The molecule has 2 rings (SSSR count). The maximum Gasteiger partial charge on any atom is 0.219 e. The topological polar surface area (TPSA) is 66.5 Å². The van der Waals surface area contributed by atoms with E-state index in [0.29, 0.717) is 12.8 Å². The maximum atomic E-state index is 11.3. The zero-order valence-electron chi connectivity index (χ0n) is 13.5. The molecule has 1 N–H and O–H groups in total. The number of rotatable bonds is 7. The summed E-state index contributed by atoms with van der Waals surface area (Å²) in [5.41, 5.74) is 2.06. The third-order valence-electron chi connectivity index (χ3n) is 4.54. The smallest absolute Gasteiger partial charge is 0.219 e. The van der Waals surface area contributed by atoms with Gasteiger partial charge in [0.15, 0.2) is 0 Å². The Hall–Kier alpha value is -2.17. The van der Waals surface area contributed by atoms with Crippen molar-refractivity contribution in [2.45, 2.75) is 31.6 Å². The molecule has 1 saturated heterocycles. The van der Waals surface area contributed by atoms with E-state index in [2.05, 4.69) is 10.2 Å². The zero-order chi connectivity index (χ0) is 16.7. The number of hydrogen-bond acceptors (Lipinski definition) is 4. The van der Waals surface area contributed by atoms with E-state index in [0.717, 1.165) is 49.8 Å². The number of aldehydes is 2. The van der Waals surface area contributed by atoms with Crippen LogP contribution in [0.15, 0.2) is 24.3 Å². The van der Waals surface area contributed by atoms with Crippen LogP contribution in [0.5, 0.6) is 0 Å². The van der Waals surface area contributed by atoms with Gasteiger partial charge >= 0.3 is 0 Å². The Labute approximate surface area is 137 Å². The Kier molecular flexibility index (Phi) is 6.32. The van der Waals surface area contributed by atoms with Gasteiger partial charge in [-0.05, 0) is 37.0 Å². The van der Waals surface area contributed by atoms with Crippen LogP contribution < -0.4 is 10.2 Å². The van der Waals surface area contributed by atoms with Gasteiger partial charge < -0.3 is 19.8 Å². The van der Waals surface area contributed by atoms with E-state index in [-0.39, 0.29) is 17.7 Å². The molecule has 0 bridgehead atoms. The molecule has 0 spiro atoms. The van der Waals surface area contributed by atoms with Crippen LogP contribution in [0.4, 0.5) is 5.69 Å². The van der Waals surface area contributed by atoms with E-state index in [4.69, 9.17) is 0 Å². The first-order chi connectivity index (χ1) is 11.2. The predicted octanol–water partition coefficient (Wildman–Crippen LogP) is 1.91. The molecule has 0 radical (unpaired) electrons. The number of carbonyl (C=O) groups excluding carboxylic acids is 3. The summed E-state index contributed by atoms with van der Waals surface area (Å²) in [5.74, 6) is -0.108. The highest BCUT2D eigenvalue weighted by Crippen LogP contribution is 2.25. The lowest BCUT2D eigenvalue weighted by atomic mass is 9.94. The highest BCUT2D eigenvalue weighted by molar-refractivity contribution is 5.76. The van der Waals surface area contributed by atoms with Gasteiger partial charge in [-0.25, -0.2) is 0 Å². The number of carbonyl (C=O) groups is 3. The summed E-state index contributed by atoms with van der Waals surface area (Å²) in [6.07, 6.45) is 4.63. The van der Waals surface area contributed by atoms with Gasteiger partial charge in [-0.3, -0.25) is 4.79 Å². The molecule has 1 aliphatic rings. The first kappa shape index (κ1) is 17.2. The molecule has 124 valence electrons. The van der Waals surface area contributed by atoms with E-state index in [1.54, 1.807) is 7.05 Å². The number of nitrogens with zero attached hydrogens (tertiary/aromatic N) is 1. The van der Waals surface area contributed by atoms with Crippen molar-refractivity contribution in [2.75, 3.05) is 25.0 Å². The summed E-state index contributed by atoms with van der Waals surface area (Å²) in [7, 11) is 1.60. The molecule has 1 amide bonds. The van der Waals surface area contributed by atoms with Gasteiger partial charge in [0.2, 0.25) is 5.91 Å². The van der Waals surface area contributed by atoms with Crippen molar-refractivity contribution in [1.82, 2.24) is 5.32 Å². The average Bonchev–Trinajstić information content (AvgIpc) is 2.62. The molecule has 1 fully saturated rings. The van der Waals surface area contributed by atoms with Crippen LogP contribution >= 0.6 is 0 Å². The minimum absolute atomic E-state index is 0.0495. The Morgan fingerprint density at radius 3 is 2.43 bits per heavy atom. The second-order valence-electron chi connectivity index (χ2n) is 6.01. The quantitative estimate of drug-likeness (QED) is 0.780. The number of amides is 1. The average molecular weight is 316 g/mol. The standard InChI is InChI=1S/C18H24N2O3/c1-19-18(23)7-4-16(13-22)15-2-5-17(6-3-15)20-10-8-14(12-21)9-11-20/h2-3,5-6,12-14,16H,4,7-11H2,1H3,(H,19,23). The van der Waals surface area contributed by atoms with E-state index < -0.39 is 0 Å². The second kappa shape index (κ2) is 8.46. The molecule has 1 aromatic carbocycles. The Bertz CT molecular complexity index is 534. The molecule has 1 atom stereocenters. The molecule has 1 heterocycles. The number of nitrogens with one attached hydrogen (secondary N) is 1. The van der Waals surface area contributed by atoms with Crippen molar-refractivity contribution in [3.63, 3.8) is 0 Å². The summed E-state index contributed by atoms with van der Waals surface area (Å²) in [6.45, 7) is 1.77. The van der Waals surface area contributed by atoms with Gasteiger partial charge in [-0.2, -0.15) is 0 Å².